The third kappa shape index (κ3) is 6.43. The number of allylic oxidation sites excluding steroid dienone is 2. The van der Waals surface area contributed by atoms with Crippen molar-refractivity contribution in [1.29, 1.82) is 0 Å². The van der Waals surface area contributed by atoms with Crippen LogP contribution in [0, 0.1) is 12.3 Å². The summed E-state index contributed by atoms with van der Waals surface area (Å²) < 4.78 is 13.1. The zero-order valence-corrected chi connectivity index (χ0v) is 23.4. The lowest BCUT2D eigenvalue weighted by Gasteiger charge is -2.23. The second kappa shape index (κ2) is 11.2. The largest absolute Gasteiger partial charge is 0.469 e. The lowest BCUT2D eigenvalue weighted by atomic mass is 9.94. The maximum Gasteiger partial charge on any atom is 0.354 e. The Balaban J connectivity index is 1.44. The highest BCUT2D eigenvalue weighted by Crippen LogP contribution is 2.31. The SMILES string of the molecule is COC(=O)C(C)(C)Cn1c(=O)nc(Nc2ccc(Oc3cccc(C4=CC4)n3)cc2)n(Cc2ccc(C)cc2)c1=O. The predicted octanol–water partition coefficient (Wildman–Crippen LogP) is 4.68. The molecular weight excluding hydrogens is 522 g/mol. The van der Waals surface area contributed by atoms with E-state index >= 15 is 0 Å². The molecule has 2 aromatic heterocycles. The van der Waals surface area contributed by atoms with Gasteiger partial charge in [-0.05, 0) is 68.7 Å². The van der Waals surface area contributed by atoms with Crippen LogP contribution in [0.15, 0.2) is 82.4 Å². The van der Waals surface area contributed by atoms with E-state index in [2.05, 4.69) is 21.4 Å². The Labute approximate surface area is 236 Å². The molecule has 0 fully saturated rings. The summed E-state index contributed by atoms with van der Waals surface area (Å²) in [6.45, 7) is 5.17. The third-order valence-electron chi connectivity index (χ3n) is 6.70. The summed E-state index contributed by atoms with van der Waals surface area (Å²) in [5.41, 5.74) is 2.15. The molecule has 0 spiro atoms. The standard InChI is InChI=1S/C31H31N5O5/c1-20-8-10-21(11-9-20)18-35-28(34-29(38)36(30(35)39)19-31(2,3)27(37)40-4)32-23-14-16-24(17-15-23)41-26-7-5-6-25(33-26)22-12-13-22/h5-12,14-17H,13,18-19H2,1-4H3,(H,32,34,38). The number of esters is 1. The number of carbonyl (C=O) groups excluding carboxylic acids is 1. The van der Waals surface area contributed by atoms with Crippen LogP contribution < -0.4 is 21.4 Å². The molecule has 41 heavy (non-hydrogen) atoms. The Kier molecular flexibility index (Phi) is 7.56. The number of nitrogens with zero attached hydrogens (tertiary/aromatic N) is 4. The number of ether oxygens (including phenoxy) is 2. The molecule has 1 aliphatic rings. The number of aromatic nitrogens is 4. The first-order chi connectivity index (χ1) is 19.6. The second-order valence-corrected chi connectivity index (χ2v) is 10.6. The Hall–Kier alpha value is -4.99. The Morgan fingerprint density at radius 3 is 2.34 bits per heavy atom. The van der Waals surface area contributed by atoms with Crippen LogP contribution in [0.2, 0.25) is 0 Å². The van der Waals surface area contributed by atoms with E-state index in [0.717, 1.165) is 27.8 Å². The van der Waals surface area contributed by atoms with E-state index in [0.29, 0.717) is 17.3 Å². The first kappa shape index (κ1) is 27.6. The van der Waals surface area contributed by atoms with Crippen LogP contribution in [0.1, 0.15) is 37.1 Å². The summed E-state index contributed by atoms with van der Waals surface area (Å²) in [7, 11) is 1.27. The molecule has 0 saturated heterocycles. The highest BCUT2D eigenvalue weighted by atomic mass is 16.5. The molecule has 0 bridgehead atoms. The van der Waals surface area contributed by atoms with Gasteiger partial charge in [-0.1, -0.05) is 42.0 Å². The fourth-order valence-corrected chi connectivity index (χ4v) is 4.28. The number of hydrogen-bond acceptors (Lipinski definition) is 8. The molecule has 0 radical (unpaired) electrons. The lowest BCUT2D eigenvalue weighted by molar-refractivity contribution is -0.151. The molecule has 0 aliphatic heterocycles. The molecule has 0 amide bonds. The van der Waals surface area contributed by atoms with Crippen LogP contribution >= 0.6 is 0 Å². The van der Waals surface area contributed by atoms with E-state index in [1.807, 2.05) is 43.3 Å². The Bertz CT molecular complexity index is 1730. The van der Waals surface area contributed by atoms with Crippen molar-refractivity contribution in [1.82, 2.24) is 19.1 Å². The number of methoxy groups -OCH3 is 1. The number of aryl methyl sites for hydroxylation is 1. The molecule has 4 aromatic rings. The summed E-state index contributed by atoms with van der Waals surface area (Å²) >= 11 is 0. The molecule has 10 nitrogen and oxygen atoms in total. The summed E-state index contributed by atoms with van der Waals surface area (Å²) in [5.74, 6) is 0.608. The van der Waals surface area contributed by atoms with E-state index in [-0.39, 0.29) is 19.0 Å². The highest BCUT2D eigenvalue weighted by Gasteiger charge is 2.31. The van der Waals surface area contributed by atoms with Crippen LogP contribution in [0.3, 0.4) is 0 Å². The smallest absolute Gasteiger partial charge is 0.354 e. The van der Waals surface area contributed by atoms with E-state index in [1.54, 1.807) is 44.2 Å². The fourth-order valence-electron chi connectivity index (χ4n) is 4.28. The minimum Gasteiger partial charge on any atom is -0.469 e. The van der Waals surface area contributed by atoms with Crippen LogP contribution in [0.5, 0.6) is 11.6 Å². The van der Waals surface area contributed by atoms with Gasteiger partial charge in [-0.2, -0.15) is 4.98 Å². The van der Waals surface area contributed by atoms with Gasteiger partial charge in [0.15, 0.2) is 0 Å². The molecule has 10 heteroatoms. The van der Waals surface area contributed by atoms with E-state index in [1.165, 1.54) is 17.3 Å². The molecule has 2 heterocycles. The van der Waals surface area contributed by atoms with E-state index in [4.69, 9.17) is 9.47 Å². The van der Waals surface area contributed by atoms with Crippen LogP contribution in [0.25, 0.3) is 5.57 Å². The van der Waals surface area contributed by atoms with Gasteiger partial charge in [0.1, 0.15) is 5.75 Å². The fraction of sp³-hybridized carbons (Fsp3) is 0.258. The van der Waals surface area contributed by atoms with Gasteiger partial charge in [-0.15, -0.1) is 0 Å². The monoisotopic (exact) mass is 553 g/mol. The first-order valence-corrected chi connectivity index (χ1v) is 13.2. The number of pyridine rings is 1. The maximum atomic E-state index is 13.7. The zero-order chi connectivity index (χ0) is 29.1. The van der Waals surface area contributed by atoms with Gasteiger partial charge in [0.25, 0.3) is 0 Å². The maximum absolute atomic E-state index is 13.7. The summed E-state index contributed by atoms with van der Waals surface area (Å²) in [4.78, 5) is 47.7. The van der Waals surface area contributed by atoms with Crippen molar-refractivity contribution in [2.45, 2.75) is 40.3 Å². The van der Waals surface area contributed by atoms with Gasteiger partial charge < -0.3 is 14.8 Å². The number of rotatable bonds is 10. The van der Waals surface area contributed by atoms with Crippen molar-refractivity contribution in [3.05, 3.63) is 111 Å². The van der Waals surface area contributed by atoms with E-state index in [9.17, 15) is 14.4 Å². The van der Waals surface area contributed by atoms with Crippen molar-refractivity contribution in [3.8, 4) is 11.6 Å². The topological polar surface area (TPSA) is 117 Å². The van der Waals surface area contributed by atoms with Crippen LogP contribution in [-0.4, -0.2) is 32.2 Å². The molecular formula is C31H31N5O5. The van der Waals surface area contributed by atoms with Gasteiger partial charge in [-0.25, -0.2) is 19.1 Å². The first-order valence-electron chi connectivity index (χ1n) is 13.2. The lowest BCUT2D eigenvalue weighted by Crippen LogP contribution is -2.46. The van der Waals surface area contributed by atoms with Gasteiger partial charge in [0.05, 0.1) is 24.8 Å². The molecule has 0 unspecified atom stereocenters. The van der Waals surface area contributed by atoms with Crippen LogP contribution in [0.4, 0.5) is 11.6 Å². The van der Waals surface area contributed by atoms with Crippen molar-refractivity contribution in [2.75, 3.05) is 12.4 Å². The number of hydrogen-bond donors (Lipinski definition) is 1. The Morgan fingerprint density at radius 1 is 0.976 bits per heavy atom. The summed E-state index contributed by atoms with van der Waals surface area (Å²) in [6.07, 6.45) is 3.06. The number of benzene rings is 2. The average molecular weight is 554 g/mol. The minimum atomic E-state index is -1.12. The molecule has 0 atom stereocenters. The molecule has 1 aliphatic carbocycles. The third-order valence-corrected chi connectivity index (χ3v) is 6.70. The van der Waals surface area contributed by atoms with Gasteiger partial charge in [0.2, 0.25) is 11.8 Å². The Morgan fingerprint density at radius 2 is 1.68 bits per heavy atom. The molecule has 5 rings (SSSR count). The van der Waals surface area contributed by atoms with Crippen molar-refractivity contribution >= 4 is 23.2 Å². The molecule has 0 saturated carbocycles. The van der Waals surface area contributed by atoms with Gasteiger partial charge in [0, 0.05) is 18.3 Å². The summed E-state index contributed by atoms with van der Waals surface area (Å²) in [6, 6.07) is 20.4. The molecule has 210 valence electrons. The van der Waals surface area contributed by atoms with Crippen molar-refractivity contribution in [2.24, 2.45) is 5.41 Å². The minimum absolute atomic E-state index is 0.0773. The van der Waals surface area contributed by atoms with Crippen molar-refractivity contribution < 1.29 is 14.3 Å². The zero-order valence-electron chi connectivity index (χ0n) is 23.4. The molecule has 1 N–H and O–H groups in total. The highest BCUT2D eigenvalue weighted by molar-refractivity contribution is 5.76. The second-order valence-electron chi connectivity index (χ2n) is 10.6. The number of nitrogens with one attached hydrogen (secondary N) is 1. The average Bonchev–Trinajstić information content (AvgIpc) is 3.81. The number of carbonyl (C=O) groups is 1. The summed E-state index contributed by atoms with van der Waals surface area (Å²) in [5, 5.41) is 3.10. The van der Waals surface area contributed by atoms with Crippen molar-refractivity contribution in [3.63, 3.8) is 0 Å². The number of anilines is 2. The normalized spacial score (nSPS) is 12.4. The van der Waals surface area contributed by atoms with Crippen LogP contribution in [-0.2, 0) is 22.6 Å². The van der Waals surface area contributed by atoms with Gasteiger partial charge >= 0.3 is 17.3 Å². The molecule has 2 aromatic carbocycles. The quantitative estimate of drug-likeness (QED) is 0.282. The predicted molar refractivity (Wildman–Crippen MR) is 155 cm³/mol. The van der Waals surface area contributed by atoms with Gasteiger partial charge in [-0.3, -0.25) is 9.36 Å². The van der Waals surface area contributed by atoms with E-state index < -0.39 is 22.8 Å².